The molecule has 39 heavy (non-hydrogen) atoms. The summed E-state index contributed by atoms with van der Waals surface area (Å²) >= 11 is 0. The van der Waals surface area contributed by atoms with Crippen molar-refractivity contribution in [2.45, 2.75) is 52.1 Å². The zero-order valence-corrected chi connectivity index (χ0v) is 22.9. The van der Waals surface area contributed by atoms with Gasteiger partial charge in [0.15, 0.2) is 0 Å². The van der Waals surface area contributed by atoms with Crippen molar-refractivity contribution in [1.29, 1.82) is 5.41 Å². The van der Waals surface area contributed by atoms with Gasteiger partial charge in [0.05, 0.1) is 22.8 Å². The Balaban J connectivity index is 1.26. The molecule has 0 bridgehead atoms. The molecule has 1 aromatic rings. The van der Waals surface area contributed by atoms with E-state index < -0.39 is 5.67 Å². The highest BCUT2D eigenvalue weighted by Crippen LogP contribution is 2.48. The van der Waals surface area contributed by atoms with E-state index in [1.807, 2.05) is 25.1 Å². The first-order valence-electron chi connectivity index (χ1n) is 13.6. The van der Waals surface area contributed by atoms with Gasteiger partial charge in [-0.15, -0.1) is 0 Å². The lowest BCUT2D eigenvalue weighted by atomic mass is 9.87. The molecule has 1 fully saturated rings. The fourth-order valence-electron chi connectivity index (χ4n) is 5.14. The van der Waals surface area contributed by atoms with Gasteiger partial charge in [0.1, 0.15) is 11.5 Å². The highest BCUT2D eigenvalue weighted by molar-refractivity contribution is 6.20. The first-order chi connectivity index (χ1) is 18.7. The highest BCUT2D eigenvalue weighted by Gasteiger charge is 2.39. The Bertz CT molecular complexity index is 1430. The number of carbonyl (C=O) groups excluding carboxylic acids is 1. The quantitative estimate of drug-likeness (QED) is 0.341. The number of dihydropyridines is 1. The molecule has 0 unspecified atom stereocenters. The number of alkyl halides is 1. The molecule has 201 valence electrons. The molecule has 4 aliphatic rings. The lowest BCUT2D eigenvalue weighted by Crippen LogP contribution is -2.42. The van der Waals surface area contributed by atoms with Crippen LogP contribution in [0.1, 0.15) is 61.5 Å². The number of hydrogen-bond donors (Lipinski definition) is 2. The van der Waals surface area contributed by atoms with Crippen LogP contribution < -0.4 is 5.32 Å². The Morgan fingerprint density at radius 2 is 2.10 bits per heavy atom. The van der Waals surface area contributed by atoms with Gasteiger partial charge < -0.3 is 10.2 Å². The number of aliphatic imine (C=N–C) groups is 2. The number of carbonyl (C=O) groups is 1. The van der Waals surface area contributed by atoms with Crippen molar-refractivity contribution in [2.24, 2.45) is 9.98 Å². The van der Waals surface area contributed by atoms with Gasteiger partial charge in [-0.25, -0.2) is 14.4 Å². The van der Waals surface area contributed by atoms with Gasteiger partial charge >= 0.3 is 0 Å². The number of rotatable bonds is 7. The molecule has 7 heteroatoms. The molecule has 1 aromatic carbocycles. The number of hydrogen-bond acceptors (Lipinski definition) is 4. The normalized spacial score (nSPS) is 23.6. The van der Waals surface area contributed by atoms with Crippen molar-refractivity contribution < 1.29 is 9.18 Å². The second-order valence-electron chi connectivity index (χ2n) is 10.6. The van der Waals surface area contributed by atoms with Gasteiger partial charge in [0, 0.05) is 44.5 Å². The van der Waals surface area contributed by atoms with E-state index in [9.17, 15) is 4.79 Å². The maximum atomic E-state index is 15.5. The number of likely N-dealkylation sites (tertiary alicyclic amines) is 1. The largest absolute Gasteiger partial charge is 0.360 e. The SMILES string of the molecule is C=C(/C=C1N=C(/C(=C/C)N=C(CC)N2CCC2)C=CC/1=N)CNC(=O)c1ccc2c(c1)[C@](C)(F)CC1=C([CH]1)C2. The number of nitrogens with zero attached hydrogens (tertiary/aromatic N) is 3. The van der Waals surface area contributed by atoms with Gasteiger partial charge in [-0.05, 0) is 73.7 Å². The summed E-state index contributed by atoms with van der Waals surface area (Å²) in [5, 5.41) is 11.2. The van der Waals surface area contributed by atoms with E-state index in [4.69, 9.17) is 10.4 Å². The number of halogens is 1. The fraction of sp³-hybridized carbons (Fsp3) is 0.344. The molecule has 1 atom stereocenters. The van der Waals surface area contributed by atoms with Crippen LogP contribution in [-0.4, -0.2) is 47.7 Å². The molecule has 1 saturated heterocycles. The van der Waals surface area contributed by atoms with Crippen LogP contribution in [0.5, 0.6) is 0 Å². The average molecular weight is 525 g/mol. The summed E-state index contributed by atoms with van der Waals surface area (Å²) < 4.78 is 15.5. The molecule has 0 aromatic heterocycles. The maximum Gasteiger partial charge on any atom is 0.251 e. The summed E-state index contributed by atoms with van der Waals surface area (Å²) in [5.74, 6) is 0.753. The van der Waals surface area contributed by atoms with Crippen LogP contribution in [0.3, 0.4) is 0 Å². The molecule has 0 saturated carbocycles. The molecular weight excluding hydrogens is 489 g/mol. The number of amidine groups is 1. The number of amides is 1. The molecule has 2 aliphatic heterocycles. The van der Waals surface area contributed by atoms with E-state index in [0.717, 1.165) is 48.6 Å². The summed E-state index contributed by atoms with van der Waals surface area (Å²) in [6.07, 6.45) is 12.3. The minimum atomic E-state index is -1.50. The summed E-state index contributed by atoms with van der Waals surface area (Å²) in [7, 11) is 0. The summed E-state index contributed by atoms with van der Waals surface area (Å²) in [5.41, 5.74) is 5.54. The van der Waals surface area contributed by atoms with Gasteiger partial charge in [0.2, 0.25) is 0 Å². The fourth-order valence-corrected chi connectivity index (χ4v) is 5.14. The second-order valence-corrected chi connectivity index (χ2v) is 10.6. The monoisotopic (exact) mass is 524 g/mol. The second kappa shape index (κ2) is 10.7. The third kappa shape index (κ3) is 5.77. The third-order valence-electron chi connectivity index (χ3n) is 7.58. The maximum absolute atomic E-state index is 15.5. The molecule has 5 rings (SSSR count). The minimum Gasteiger partial charge on any atom is -0.360 e. The topological polar surface area (TPSA) is 80.9 Å². The molecule has 2 heterocycles. The van der Waals surface area contributed by atoms with Crippen LogP contribution in [0.15, 0.2) is 87.2 Å². The Hall–Kier alpha value is -3.87. The Morgan fingerprint density at radius 3 is 2.79 bits per heavy atom. The van der Waals surface area contributed by atoms with E-state index in [1.54, 1.807) is 31.2 Å². The Kier molecular flexibility index (Phi) is 7.34. The first kappa shape index (κ1) is 26.7. The highest BCUT2D eigenvalue weighted by atomic mass is 19.1. The van der Waals surface area contributed by atoms with Crippen molar-refractivity contribution in [1.82, 2.24) is 10.2 Å². The van der Waals surface area contributed by atoms with Crippen molar-refractivity contribution >= 4 is 23.2 Å². The molecule has 1 amide bonds. The van der Waals surface area contributed by atoms with Crippen molar-refractivity contribution in [3.8, 4) is 0 Å². The smallest absolute Gasteiger partial charge is 0.251 e. The summed E-state index contributed by atoms with van der Waals surface area (Å²) in [4.78, 5) is 24.8. The number of fused-ring (bicyclic) bond motifs is 1. The van der Waals surface area contributed by atoms with Crippen LogP contribution in [0.2, 0.25) is 0 Å². The summed E-state index contributed by atoms with van der Waals surface area (Å²) in [6, 6.07) is 5.29. The van der Waals surface area contributed by atoms with Crippen LogP contribution in [0, 0.1) is 11.8 Å². The van der Waals surface area contributed by atoms with E-state index in [-0.39, 0.29) is 18.2 Å². The van der Waals surface area contributed by atoms with E-state index in [2.05, 4.69) is 35.1 Å². The first-order valence-corrected chi connectivity index (χ1v) is 13.6. The number of allylic oxidation sites excluding steroid dienone is 5. The Labute approximate surface area is 230 Å². The predicted molar refractivity (Wildman–Crippen MR) is 156 cm³/mol. The van der Waals surface area contributed by atoms with Crippen molar-refractivity contribution in [3.63, 3.8) is 0 Å². The predicted octanol–water partition coefficient (Wildman–Crippen LogP) is 5.95. The van der Waals surface area contributed by atoms with Gasteiger partial charge in [0.25, 0.3) is 5.91 Å². The lowest BCUT2D eigenvalue weighted by Gasteiger charge is -2.34. The zero-order chi connectivity index (χ0) is 27.7. The van der Waals surface area contributed by atoms with E-state index in [0.29, 0.717) is 34.5 Å². The molecule has 0 spiro atoms. The van der Waals surface area contributed by atoms with Crippen molar-refractivity contribution in [3.05, 3.63) is 100 Å². The number of benzene rings is 1. The van der Waals surface area contributed by atoms with Crippen molar-refractivity contribution in [2.75, 3.05) is 19.6 Å². The van der Waals surface area contributed by atoms with Crippen LogP contribution >= 0.6 is 0 Å². The Morgan fingerprint density at radius 1 is 1.31 bits per heavy atom. The standard InChI is InChI=1S/C32H35FN5O/c1-5-27(37-30(6-2)38-12-7-13-38)28-11-10-26(34)29(36-28)14-20(3)19-35-31(39)22-9-8-21-15-23-16-24(23)18-32(4,33)25(21)17-22/h5,8-11,14,16-17,34H,3,6-7,12-13,15,18-19H2,1-2,4H3,(H,35,39)/b27-5-,29-14+,34-26?,37-30?/t32-/m1/s1. The van der Waals surface area contributed by atoms with Gasteiger partial charge in [-0.1, -0.05) is 36.8 Å². The number of nitrogens with one attached hydrogen (secondary N) is 2. The molecule has 2 N–H and O–H groups in total. The van der Waals surface area contributed by atoms with Gasteiger partial charge in [-0.3, -0.25) is 10.2 Å². The van der Waals surface area contributed by atoms with Gasteiger partial charge in [-0.2, -0.15) is 0 Å². The molecule has 1 radical (unpaired) electrons. The zero-order valence-electron chi connectivity index (χ0n) is 22.9. The van der Waals surface area contributed by atoms with Crippen LogP contribution in [-0.2, 0) is 12.1 Å². The summed E-state index contributed by atoms with van der Waals surface area (Å²) in [6.45, 7) is 11.9. The van der Waals surface area contributed by atoms with Crippen LogP contribution in [0.25, 0.3) is 0 Å². The minimum absolute atomic E-state index is 0.183. The van der Waals surface area contributed by atoms with E-state index in [1.165, 1.54) is 12.0 Å². The molecular formula is C32H35FN5O. The van der Waals surface area contributed by atoms with E-state index >= 15 is 4.39 Å². The third-order valence-corrected chi connectivity index (χ3v) is 7.58. The average Bonchev–Trinajstić information content (AvgIpc) is 3.62. The molecule has 2 aliphatic carbocycles. The van der Waals surface area contributed by atoms with Crippen LogP contribution in [0.4, 0.5) is 4.39 Å². The lowest BCUT2D eigenvalue weighted by molar-refractivity contribution is 0.0957. The molecule has 6 nitrogen and oxygen atoms in total.